The number of furan rings is 1. The van der Waals surface area contributed by atoms with E-state index in [4.69, 9.17) is 27.7 Å². The lowest BCUT2D eigenvalue weighted by molar-refractivity contribution is 0.669. The van der Waals surface area contributed by atoms with E-state index in [-0.39, 0.29) is 0 Å². The monoisotopic (exact) mass is 624 g/mol. The summed E-state index contributed by atoms with van der Waals surface area (Å²) in [4.78, 5) is 0. The van der Waals surface area contributed by atoms with Crippen LogP contribution in [-0.2, 0) is 0 Å². The summed E-state index contributed by atoms with van der Waals surface area (Å²) in [5.41, 5.74) is -5.99. The molecule has 0 bridgehead atoms. The summed E-state index contributed by atoms with van der Waals surface area (Å²) in [6, 6.07) is -26.2. The zero-order chi connectivity index (χ0) is 55.3. The Balaban J connectivity index is 1.52. The Kier molecular flexibility index (Phi) is 2.31. The van der Waals surface area contributed by atoms with Crippen LogP contribution in [0.1, 0.15) is 38.4 Å². The van der Waals surface area contributed by atoms with Crippen LogP contribution in [0, 0.1) is 0 Å². The number of rotatable bonds is 3. The molecule has 9 aromatic carbocycles. The maximum atomic E-state index is 10.0. The molecule has 47 heavy (non-hydrogen) atoms. The molecule has 0 atom stereocenters. The minimum atomic E-state index is -1.12. The average molecular weight is 625 g/mol. The van der Waals surface area contributed by atoms with Gasteiger partial charge in [-0.1, -0.05) is 139 Å². The Labute approximate surface area is 311 Å². The summed E-state index contributed by atoms with van der Waals surface area (Å²) < 4.78 is 259. The van der Waals surface area contributed by atoms with E-state index in [1.807, 2.05) is 0 Å². The minimum absolute atomic E-state index is 0.441. The maximum Gasteiger partial charge on any atom is 0.135 e. The second kappa shape index (κ2) is 10.2. The Morgan fingerprint density at radius 2 is 0.830 bits per heavy atom. The summed E-state index contributed by atoms with van der Waals surface area (Å²) in [6.45, 7) is 0. The number of hydrogen-bond acceptors (Lipinski definition) is 1. The fourth-order valence-corrected chi connectivity index (χ4v) is 5.80. The van der Waals surface area contributed by atoms with Gasteiger partial charge >= 0.3 is 0 Å². The van der Waals surface area contributed by atoms with Gasteiger partial charge in [0.1, 0.15) is 11.2 Å². The van der Waals surface area contributed by atoms with Crippen molar-refractivity contribution in [2.24, 2.45) is 0 Å². The number of para-hydroxylation sites is 1. The van der Waals surface area contributed by atoms with Crippen LogP contribution in [0.25, 0.3) is 98.4 Å². The van der Waals surface area contributed by atoms with Crippen molar-refractivity contribution in [1.29, 1.82) is 0 Å². The Morgan fingerprint density at radius 1 is 0.319 bits per heavy atom. The molecule has 0 aliphatic rings. The Morgan fingerprint density at radius 3 is 1.53 bits per heavy atom. The third-order valence-electron chi connectivity index (χ3n) is 7.76. The van der Waals surface area contributed by atoms with E-state index in [9.17, 15) is 15.1 Å². The third kappa shape index (κ3) is 3.97. The van der Waals surface area contributed by atoms with Gasteiger partial charge in [-0.25, -0.2) is 0 Å². The van der Waals surface area contributed by atoms with Crippen LogP contribution < -0.4 is 0 Å². The number of fused-ring (bicyclic) bond motifs is 8. The Bertz CT molecular complexity index is 4360. The highest BCUT2D eigenvalue weighted by Gasteiger charge is 2.18. The van der Waals surface area contributed by atoms with Crippen LogP contribution in [0.5, 0.6) is 0 Å². The van der Waals surface area contributed by atoms with Gasteiger partial charge in [-0.05, 0) is 107 Å². The molecule has 0 fully saturated rings. The summed E-state index contributed by atoms with van der Waals surface area (Å²) >= 11 is 0. The van der Waals surface area contributed by atoms with Crippen LogP contribution >= 0.6 is 0 Å². The maximum absolute atomic E-state index is 10.0. The van der Waals surface area contributed by atoms with Crippen LogP contribution in [0.4, 0.5) is 0 Å². The normalized spacial score (nSPS) is 20.2. The van der Waals surface area contributed by atoms with E-state index in [1.165, 1.54) is 0 Å². The van der Waals surface area contributed by atoms with Crippen LogP contribution in [0.15, 0.2) is 174 Å². The standard InChI is InChI=1S/C46H28O/c1-2-15-33-30(12-1)27-41(35-17-4-3-16-34(33)35)29-13-11-14-31(26-29)45-37-19-5-7-21-39(37)46(40-22-8-6-20-38(40)45)32-24-25-44-42(28-32)36-18-9-10-23-43(36)47-44/h1-28H/i1D,2D,3D,4D,5D,6D,7D,8D,9D,10D,11D,12D,13D,14D,15D,16D,17D,18D,19D,20D,21D,22D,23D,24D,25D,26D,27D,28D. The zero-order valence-corrected chi connectivity index (χ0v) is 23.4. The molecule has 0 saturated carbocycles. The van der Waals surface area contributed by atoms with Crippen molar-refractivity contribution in [2.45, 2.75) is 0 Å². The van der Waals surface area contributed by atoms with Gasteiger partial charge in [0.2, 0.25) is 0 Å². The summed E-state index contributed by atoms with van der Waals surface area (Å²) in [5, 5.41) is -6.48. The molecule has 1 nitrogen and oxygen atoms in total. The molecule has 1 heteroatoms. The van der Waals surface area contributed by atoms with Gasteiger partial charge in [-0.2, -0.15) is 0 Å². The van der Waals surface area contributed by atoms with E-state index in [0.29, 0.717) is 0 Å². The first-order valence-electron chi connectivity index (χ1n) is 27.9. The van der Waals surface area contributed by atoms with Crippen LogP contribution in [-0.4, -0.2) is 0 Å². The van der Waals surface area contributed by atoms with Crippen molar-refractivity contribution < 1.29 is 42.8 Å². The molecule has 0 aliphatic carbocycles. The first-order chi connectivity index (χ1) is 35.0. The van der Waals surface area contributed by atoms with Crippen molar-refractivity contribution >= 4 is 65.0 Å². The molecule has 0 aliphatic heterocycles. The van der Waals surface area contributed by atoms with E-state index in [2.05, 4.69) is 0 Å². The average Bonchev–Trinajstić information content (AvgIpc) is 3.79. The summed E-state index contributed by atoms with van der Waals surface area (Å²) in [6.07, 6.45) is 0. The first kappa shape index (κ1) is 10.7. The van der Waals surface area contributed by atoms with Crippen molar-refractivity contribution in [3.8, 4) is 33.4 Å². The molecule has 0 N–H and O–H groups in total. The van der Waals surface area contributed by atoms with Gasteiger partial charge in [-0.15, -0.1) is 0 Å². The molecule has 1 aromatic heterocycles. The van der Waals surface area contributed by atoms with Gasteiger partial charge < -0.3 is 4.42 Å². The molecule has 0 saturated heterocycles. The van der Waals surface area contributed by atoms with E-state index in [0.717, 1.165) is 0 Å². The van der Waals surface area contributed by atoms with Crippen molar-refractivity contribution in [3.63, 3.8) is 0 Å². The summed E-state index contributed by atoms with van der Waals surface area (Å²) in [5.74, 6) is 0. The van der Waals surface area contributed by atoms with Gasteiger partial charge in [-0.3, -0.25) is 0 Å². The fraction of sp³-hybridized carbons (Fsp3) is 0. The molecule has 0 amide bonds. The minimum Gasteiger partial charge on any atom is -0.456 e. The van der Waals surface area contributed by atoms with Gasteiger partial charge in [0.25, 0.3) is 0 Å². The van der Waals surface area contributed by atoms with E-state index < -0.39 is 268 Å². The molecule has 0 radical (unpaired) electrons. The second-order valence-corrected chi connectivity index (χ2v) is 10.3. The van der Waals surface area contributed by atoms with Gasteiger partial charge in [0.15, 0.2) is 0 Å². The highest BCUT2D eigenvalue weighted by atomic mass is 16.3. The molecular formula is C46H28O. The lowest BCUT2D eigenvalue weighted by Crippen LogP contribution is -1.91. The predicted octanol–water partition coefficient (Wildman–Crippen LogP) is 13.2. The number of hydrogen-bond donors (Lipinski definition) is 0. The molecule has 218 valence electrons. The van der Waals surface area contributed by atoms with Crippen LogP contribution in [0.3, 0.4) is 0 Å². The predicted molar refractivity (Wildman–Crippen MR) is 200 cm³/mol. The zero-order valence-electron chi connectivity index (χ0n) is 51.4. The quantitative estimate of drug-likeness (QED) is 0.141. The second-order valence-electron chi connectivity index (χ2n) is 10.3. The van der Waals surface area contributed by atoms with Crippen molar-refractivity contribution in [1.82, 2.24) is 0 Å². The number of benzene rings is 9. The highest BCUT2D eigenvalue weighted by molar-refractivity contribution is 6.22. The SMILES string of the molecule is [2H]c1c([2H])c(-c2c3c([2H])c([2H])c([2H])c([2H])c3c(-c3c([2H])c([2H])c4oc5c([2H])c([2H])c([2H])c([2H])c5c4c3[2H])c3c([2H])c([2H])c([2H])c([2H])c23)c([2H])c(-c2c([2H])c3c([2H])c([2H])c([2H])c([2H])c3c3c([2H])c([2H])c([2H])c([2H])c23)c1[2H]. The van der Waals surface area contributed by atoms with Gasteiger partial charge in [0.05, 0.1) is 38.4 Å². The van der Waals surface area contributed by atoms with Crippen LogP contribution in [0.2, 0.25) is 0 Å². The molecule has 0 spiro atoms. The van der Waals surface area contributed by atoms with Crippen molar-refractivity contribution in [3.05, 3.63) is 169 Å². The molecule has 0 unspecified atom stereocenters. The lowest BCUT2D eigenvalue weighted by Gasteiger charge is -2.18. The lowest BCUT2D eigenvalue weighted by atomic mass is 9.85. The smallest absolute Gasteiger partial charge is 0.135 e. The highest BCUT2D eigenvalue weighted by Crippen LogP contribution is 2.45. The van der Waals surface area contributed by atoms with E-state index >= 15 is 0 Å². The summed E-state index contributed by atoms with van der Waals surface area (Å²) in [7, 11) is 0. The largest absolute Gasteiger partial charge is 0.456 e. The molecule has 10 aromatic rings. The Hall–Kier alpha value is -6.18. The fourth-order valence-electron chi connectivity index (χ4n) is 5.80. The third-order valence-corrected chi connectivity index (χ3v) is 7.76. The van der Waals surface area contributed by atoms with E-state index in [1.54, 1.807) is 0 Å². The first-order valence-corrected chi connectivity index (χ1v) is 13.9. The van der Waals surface area contributed by atoms with Crippen molar-refractivity contribution in [2.75, 3.05) is 0 Å². The van der Waals surface area contributed by atoms with Gasteiger partial charge in [0, 0.05) is 10.8 Å². The molecule has 10 rings (SSSR count). The molecular weight excluding hydrogens is 569 g/mol. The molecule has 1 heterocycles. The topological polar surface area (TPSA) is 13.1 Å².